The molecule has 0 bridgehead atoms. The van der Waals surface area contributed by atoms with E-state index in [9.17, 15) is 0 Å². The van der Waals surface area contributed by atoms with E-state index < -0.39 is 0 Å². The largest absolute Gasteiger partial charge is 0.383 e. The lowest BCUT2D eigenvalue weighted by Crippen LogP contribution is -2.36. The summed E-state index contributed by atoms with van der Waals surface area (Å²) in [6.07, 6.45) is 2.69. The highest BCUT2D eigenvalue weighted by molar-refractivity contribution is 9.10. The highest BCUT2D eigenvalue weighted by Gasteiger charge is 2.32. The van der Waals surface area contributed by atoms with Crippen molar-refractivity contribution in [3.8, 4) is 6.07 Å². The summed E-state index contributed by atoms with van der Waals surface area (Å²) in [6.45, 7) is 0.947. The van der Waals surface area contributed by atoms with Gasteiger partial charge in [0.2, 0.25) is 0 Å². The molecule has 1 fully saturated rings. The van der Waals surface area contributed by atoms with Crippen LogP contribution in [0.25, 0.3) is 0 Å². The molecule has 1 aromatic rings. The Balaban J connectivity index is 1.99. The van der Waals surface area contributed by atoms with Crippen molar-refractivity contribution in [3.63, 3.8) is 0 Å². The summed E-state index contributed by atoms with van der Waals surface area (Å²) in [5.41, 5.74) is 1.74. The first kappa shape index (κ1) is 13.4. The van der Waals surface area contributed by atoms with Crippen molar-refractivity contribution in [1.82, 2.24) is 4.90 Å². The fraction of sp³-hybridized carbons (Fsp3) is 0.500. The molecule has 4 heteroatoms. The average Bonchev–Trinajstić information content (AvgIpc) is 3.15. The van der Waals surface area contributed by atoms with Gasteiger partial charge in [-0.3, -0.25) is 0 Å². The molecule has 1 unspecified atom stereocenters. The Morgan fingerprint density at radius 3 is 2.72 bits per heavy atom. The number of nitrogens with one attached hydrogen (secondary N) is 1. The molecule has 1 aliphatic carbocycles. The molecule has 1 atom stereocenters. The Labute approximate surface area is 117 Å². The van der Waals surface area contributed by atoms with Crippen LogP contribution in [0.5, 0.6) is 0 Å². The minimum absolute atomic E-state index is 0.590. The molecule has 0 aliphatic heterocycles. The lowest BCUT2D eigenvalue weighted by atomic mass is 10.1. The third kappa shape index (κ3) is 3.24. The van der Waals surface area contributed by atoms with Crippen LogP contribution < -0.4 is 5.32 Å². The van der Waals surface area contributed by atoms with Gasteiger partial charge >= 0.3 is 0 Å². The third-order valence-corrected chi connectivity index (χ3v) is 4.09. The zero-order chi connectivity index (χ0) is 13.1. The van der Waals surface area contributed by atoms with Crippen molar-refractivity contribution in [2.45, 2.75) is 18.9 Å². The predicted molar refractivity (Wildman–Crippen MR) is 77.5 cm³/mol. The second-order valence-corrected chi connectivity index (χ2v) is 5.91. The zero-order valence-electron chi connectivity index (χ0n) is 10.8. The van der Waals surface area contributed by atoms with Gasteiger partial charge in [-0.05, 0) is 67.0 Å². The fourth-order valence-electron chi connectivity index (χ4n) is 2.19. The van der Waals surface area contributed by atoms with E-state index >= 15 is 0 Å². The monoisotopic (exact) mass is 307 g/mol. The maximum atomic E-state index is 8.83. The molecule has 1 aliphatic rings. The number of halogens is 1. The SMILES string of the molecule is CN(C)C(CNc1ccc(C#N)cc1Br)C1CC1. The predicted octanol–water partition coefficient (Wildman–Crippen LogP) is 3.07. The number of benzene rings is 1. The number of rotatable bonds is 5. The van der Waals surface area contributed by atoms with Gasteiger partial charge in [-0.2, -0.15) is 5.26 Å². The highest BCUT2D eigenvalue weighted by atomic mass is 79.9. The summed E-state index contributed by atoms with van der Waals surface area (Å²) in [5.74, 6) is 0.838. The van der Waals surface area contributed by atoms with Gasteiger partial charge in [0.05, 0.1) is 11.6 Å². The van der Waals surface area contributed by atoms with E-state index in [4.69, 9.17) is 5.26 Å². The molecule has 1 saturated carbocycles. The molecule has 18 heavy (non-hydrogen) atoms. The first-order chi connectivity index (χ1) is 8.61. The van der Waals surface area contributed by atoms with Crippen LogP contribution in [0.3, 0.4) is 0 Å². The summed E-state index contributed by atoms with van der Waals surface area (Å²) >= 11 is 3.50. The lowest BCUT2D eigenvalue weighted by molar-refractivity contribution is 0.276. The molecule has 0 aromatic heterocycles. The van der Waals surface area contributed by atoms with Crippen LogP contribution in [0.4, 0.5) is 5.69 Å². The highest BCUT2D eigenvalue weighted by Crippen LogP contribution is 2.35. The van der Waals surface area contributed by atoms with Crippen LogP contribution in [0.1, 0.15) is 18.4 Å². The molecule has 96 valence electrons. The zero-order valence-corrected chi connectivity index (χ0v) is 12.4. The Morgan fingerprint density at radius 2 is 2.22 bits per heavy atom. The molecule has 0 saturated heterocycles. The Morgan fingerprint density at radius 1 is 1.50 bits per heavy atom. The van der Waals surface area contributed by atoms with E-state index in [0.29, 0.717) is 11.6 Å². The van der Waals surface area contributed by atoms with Gasteiger partial charge in [-0.25, -0.2) is 0 Å². The third-order valence-electron chi connectivity index (χ3n) is 3.43. The maximum absolute atomic E-state index is 8.83. The minimum atomic E-state index is 0.590. The van der Waals surface area contributed by atoms with Gasteiger partial charge < -0.3 is 10.2 Å². The van der Waals surface area contributed by atoms with Crippen molar-refractivity contribution < 1.29 is 0 Å². The van der Waals surface area contributed by atoms with E-state index in [2.05, 4.69) is 46.3 Å². The second-order valence-electron chi connectivity index (χ2n) is 5.06. The van der Waals surface area contributed by atoms with E-state index in [1.54, 1.807) is 0 Å². The Bertz CT molecular complexity index is 459. The smallest absolute Gasteiger partial charge is 0.0992 e. The van der Waals surface area contributed by atoms with Crippen molar-refractivity contribution >= 4 is 21.6 Å². The first-order valence-corrected chi connectivity index (χ1v) is 7.01. The van der Waals surface area contributed by atoms with Crippen LogP contribution in [0, 0.1) is 17.2 Å². The molecule has 2 rings (SSSR count). The first-order valence-electron chi connectivity index (χ1n) is 6.21. The van der Waals surface area contributed by atoms with Crippen LogP contribution >= 0.6 is 15.9 Å². The Hall–Kier alpha value is -1.05. The number of nitrogens with zero attached hydrogens (tertiary/aromatic N) is 2. The minimum Gasteiger partial charge on any atom is -0.383 e. The number of nitriles is 1. The van der Waals surface area contributed by atoms with E-state index in [1.807, 2.05) is 18.2 Å². The van der Waals surface area contributed by atoms with Gasteiger partial charge in [0.1, 0.15) is 0 Å². The molecule has 1 N–H and O–H groups in total. The molecule has 0 amide bonds. The Kier molecular flexibility index (Phi) is 4.26. The summed E-state index contributed by atoms with van der Waals surface area (Å²) < 4.78 is 0.954. The summed E-state index contributed by atoms with van der Waals surface area (Å²) in [6, 6.07) is 8.38. The molecule has 3 nitrogen and oxygen atoms in total. The quantitative estimate of drug-likeness (QED) is 0.908. The molecule has 1 aromatic carbocycles. The maximum Gasteiger partial charge on any atom is 0.0992 e. The van der Waals surface area contributed by atoms with Crippen molar-refractivity contribution in [2.24, 2.45) is 5.92 Å². The number of anilines is 1. The molecule has 0 spiro atoms. The molecule has 0 radical (unpaired) electrons. The van der Waals surface area contributed by atoms with Crippen LogP contribution in [0.2, 0.25) is 0 Å². The second kappa shape index (κ2) is 5.73. The number of likely N-dealkylation sites (N-methyl/N-ethyl adjacent to an activating group) is 1. The van der Waals surface area contributed by atoms with E-state index in [0.717, 1.165) is 22.6 Å². The van der Waals surface area contributed by atoms with Crippen LogP contribution in [-0.2, 0) is 0 Å². The van der Waals surface area contributed by atoms with Gasteiger partial charge in [-0.1, -0.05) is 0 Å². The van der Waals surface area contributed by atoms with Gasteiger partial charge in [0.15, 0.2) is 0 Å². The topological polar surface area (TPSA) is 39.1 Å². The number of hydrogen-bond acceptors (Lipinski definition) is 3. The molecular weight excluding hydrogens is 290 g/mol. The average molecular weight is 308 g/mol. The van der Waals surface area contributed by atoms with Crippen LogP contribution in [-0.4, -0.2) is 31.6 Å². The van der Waals surface area contributed by atoms with Gasteiger partial charge in [0, 0.05) is 22.7 Å². The van der Waals surface area contributed by atoms with Gasteiger partial charge in [0.25, 0.3) is 0 Å². The molecular formula is C14H18BrN3. The summed E-state index contributed by atoms with van der Waals surface area (Å²) in [4.78, 5) is 2.29. The number of hydrogen-bond donors (Lipinski definition) is 1. The fourth-order valence-corrected chi connectivity index (χ4v) is 2.71. The van der Waals surface area contributed by atoms with Crippen molar-refractivity contribution in [3.05, 3.63) is 28.2 Å². The molecule has 0 heterocycles. The van der Waals surface area contributed by atoms with Gasteiger partial charge in [-0.15, -0.1) is 0 Å². The summed E-state index contributed by atoms with van der Waals surface area (Å²) in [7, 11) is 4.27. The summed E-state index contributed by atoms with van der Waals surface area (Å²) in [5, 5.41) is 12.3. The van der Waals surface area contributed by atoms with E-state index in [1.165, 1.54) is 12.8 Å². The van der Waals surface area contributed by atoms with Crippen molar-refractivity contribution in [2.75, 3.05) is 26.0 Å². The lowest BCUT2D eigenvalue weighted by Gasteiger charge is -2.25. The van der Waals surface area contributed by atoms with E-state index in [-0.39, 0.29) is 0 Å². The normalized spacial score (nSPS) is 16.4. The standard InChI is InChI=1S/C14H18BrN3/c1-18(2)14(11-4-5-11)9-17-13-6-3-10(8-16)7-12(13)15/h3,6-7,11,14,17H,4-5,9H2,1-2H3. The van der Waals surface area contributed by atoms with Crippen LogP contribution in [0.15, 0.2) is 22.7 Å². The van der Waals surface area contributed by atoms with Crippen molar-refractivity contribution in [1.29, 1.82) is 5.26 Å².